The van der Waals surface area contributed by atoms with Gasteiger partial charge in [-0.1, -0.05) is 22.9 Å². The molecule has 1 aromatic heterocycles. The molecule has 0 aliphatic rings. The molecule has 0 bridgehead atoms. The number of halogens is 2. The van der Waals surface area contributed by atoms with Gasteiger partial charge < -0.3 is 14.6 Å². The molecule has 0 saturated heterocycles. The smallest absolute Gasteiger partial charge is 0.349 e. The number of nitriles is 1. The van der Waals surface area contributed by atoms with E-state index >= 15 is 0 Å². The minimum Gasteiger partial charge on any atom is -0.451 e. The lowest BCUT2D eigenvalue weighted by Gasteiger charge is -2.08. The van der Waals surface area contributed by atoms with Gasteiger partial charge in [0.15, 0.2) is 6.61 Å². The van der Waals surface area contributed by atoms with Crippen LogP contribution in [-0.4, -0.2) is 23.1 Å². The number of esters is 1. The van der Waals surface area contributed by atoms with E-state index in [1.807, 2.05) is 26.0 Å². The molecule has 29 heavy (non-hydrogen) atoms. The number of benzene rings is 1. The lowest BCUT2D eigenvalue weighted by atomic mass is 10.1. The van der Waals surface area contributed by atoms with E-state index in [-0.39, 0.29) is 11.3 Å². The fourth-order valence-electron chi connectivity index (χ4n) is 2.82. The molecule has 0 unspecified atom stereocenters. The number of anilines is 1. The molecule has 0 saturated carbocycles. The molecule has 0 aliphatic heterocycles. The maximum atomic E-state index is 13.8. The highest BCUT2D eigenvalue weighted by Gasteiger charge is 2.16. The van der Waals surface area contributed by atoms with Gasteiger partial charge in [-0.15, -0.1) is 0 Å². The summed E-state index contributed by atoms with van der Waals surface area (Å²) in [4.78, 5) is 24.1. The third kappa shape index (κ3) is 5.78. The number of amides is 1. The number of rotatable bonds is 7. The summed E-state index contributed by atoms with van der Waals surface area (Å²) < 4.78 is 21.3. The van der Waals surface area contributed by atoms with Crippen molar-refractivity contribution in [1.29, 1.82) is 5.26 Å². The Morgan fingerprint density at radius 1 is 1.34 bits per heavy atom. The number of hydrogen-bond donors (Lipinski definition) is 1. The molecule has 0 atom stereocenters. The molecule has 1 N–H and O–H groups in total. The summed E-state index contributed by atoms with van der Waals surface area (Å²) in [6, 6.07) is 7.84. The number of aryl methyl sites for hydroxylation is 1. The van der Waals surface area contributed by atoms with E-state index in [4.69, 9.17) is 4.74 Å². The molecule has 0 aliphatic carbocycles. The van der Waals surface area contributed by atoms with Gasteiger partial charge in [-0.3, -0.25) is 4.79 Å². The van der Waals surface area contributed by atoms with Crippen molar-refractivity contribution in [2.75, 3.05) is 11.9 Å². The molecule has 1 aromatic carbocycles. The Bertz CT molecular complexity index is 1010. The molecule has 0 radical (unpaired) electrons. The largest absolute Gasteiger partial charge is 0.451 e. The Labute approximate surface area is 177 Å². The summed E-state index contributed by atoms with van der Waals surface area (Å²) in [5.74, 6) is -2.25. The fourth-order valence-corrected chi connectivity index (χ4v) is 3.15. The summed E-state index contributed by atoms with van der Waals surface area (Å²) in [5, 5.41) is 11.6. The van der Waals surface area contributed by atoms with Gasteiger partial charge in [0.25, 0.3) is 5.91 Å². The first-order chi connectivity index (χ1) is 13.8. The lowest BCUT2D eigenvalue weighted by Crippen LogP contribution is -2.21. The Morgan fingerprint density at radius 2 is 2.07 bits per heavy atom. The van der Waals surface area contributed by atoms with E-state index in [1.54, 1.807) is 6.07 Å². The zero-order chi connectivity index (χ0) is 21.6. The van der Waals surface area contributed by atoms with Gasteiger partial charge in [0.2, 0.25) is 0 Å². The third-order valence-electron chi connectivity index (χ3n) is 4.24. The quantitative estimate of drug-likeness (QED) is 0.373. The van der Waals surface area contributed by atoms with Crippen molar-refractivity contribution in [2.24, 2.45) is 0 Å². The van der Waals surface area contributed by atoms with Gasteiger partial charge in [0.05, 0.1) is 5.69 Å². The third-order valence-corrected chi connectivity index (χ3v) is 4.73. The highest BCUT2D eigenvalue weighted by molar-refractivity contribution is 9.10. The van der Waals surface area contributed by atoms with E-state index in [1.165, 1.54) is 18.2 Å². The van der Waals surface area contributed by atoms with Crippen LogP contribution in [0.4, 0.5) is 10.1 Å². The number of hydrogen-bond acceptors (Lipinski definition) is 4. The van der Waals surface area contributed by atoms with Crippen LogP contribution in [-0.2, 0) is 20.9 Å². The molecule has 152 valence electrons. The van der Waals surface area contributed by atoms with Crippen LogP contribution in [0.2, 0.25) is 0 Å². The zero-order valence-corrected chi connectivity index (χ0v) is 18.0. The number of ether oxygens (including phenoxy) is 1. The van der Waals surface area contributed by atoms with Crippen LogP contribution in [0.25, 0.3) is 6.08 Å². The SMILES string of the molecule is CCCn1c(C)cc(/C=C(\C#N)C(=O)OCC(=O)Nc2ccc(Br)cc2F)c1C. The molecular weight excluding hydrogens is 441 g/mol. The standard InChI is InChI=1S/C21H21BrFN3O3/c1-4-7-26-13(2)8-15(14(26)3)9-16(11-24)21(28)29-12-20(27)25-19-6-5-17(22)10-18(19)23/h5-6,8-10H,4,7,12H2,1-3H3,(H,25,27)/b16-9+. The van der Waals surface area contributed by atoms with Gasteiger partial charge >= 0.3 is 5.97 Å². The van der Waals surface area contributed by atoms with E-state index < -0.39 is 24.3 Å². The number of nitrogens with one attached hydrogen (secondary N) is 1. The first-order valence-electron chi connectivity index (χ1n) is 8.97. The van der Waals surface area contributed by atoms with E-state index in [0.717, 1.165) is 29.9 Å². The van der Waals surface area contributed by atoms with Crippen molar-refractivity contribution >= 4 is 39.6 Å². The molecule has 0 fully saturated rings. The van der Waals surface area contributed by atoms with Crippen LogP contribution in [0.1, 0.15) is 30.3 Å². The van der Waals surface area contributed by atoms with Crippen LogP contribution < -0.4 is 5.32 Å². The summed E-state index contributed by atoms with van der Waals surface area (Å²) in [6.07, 6.45) is 2.41. The molecule has 2 rings (SSSR count). The maximum absolute atomic E-state index is 13.8. The predicted octanol–water partition coefficient (Wildman–Crippen LogP) is 4.51. The van der Waals surface area contributed by atoms with Crippen molar-refractivity contribution in [3.05, 3.63) is 57.1 Å². The van der Waals surface area contributed by atoms with Gasteiger partial charge in [-0.2, -0.15) is 5.26 Å². The van der Waals surface area contributed by atoms with E-state index in [0.29, 0.717) is 4.47 Å². The summed E-state index contributed by atoms with van der Waals surface area (Å²) in [6.45, 7) is 6.13. The van der Waals surface area contributed by atoms with Gasteiger partial charge in [0, 0.05) is 22.4 Å². The number of nitrogens with zero attached hydrogens (tertiary/aromatic N) is 2. The summed E-state index contributed by atoms with van der Waals surface area (Å²) >= 11 is 3.12. The normalized spacial score (nSPS) is 11.1. The number of carbonyl (C=O) groups is 2. The van der Waals surface area contributed by atoms with Gasteiger partial charge in [-0.05, 0) is 56.2 Å². The number of aromatic nitrogens is 1. The van der Waals surface area contributed by atoms with Crippen molar-refractivity contribution in [1.82, 2.24) is 4.57 Å². The summed E-state index contributed by atoms with van der Waals surface area (Å²) in [7, 11) is 0. The average molecular weight is 462 g/mol. The van der Waals surface area contributed by atoms with Crippen molar-refractivity contribution in [2.45, 2.75) is 33.7 Å². The zero-order valence-electron chi connectivity index (χ0n) is 16.4. The second-order valence-electron chi connectivity index (χ2n) is 6.40. The molecule has 2 aromatic rings. The van der Waals surface area contributed by atoms with Crippen molar-refractivity contribution < 1.29 is 18.7 Å². The Morgan fingerprint density at radius 3 is 2.69 bits per heavy atom. The monoisotopic (exact) mass is 461 g/mol. The molecule has 1 heterocycles. The Balaban J connectivity index is 2.05. The number of carbonyl (C=O) groups excluding carboxylic acids is 2. The van der Waals surface area contributed by atoms with Crippen LogP contribution in [0.15, 0.2) is 34.3 Å². The van der Waals surface area contributed by atoms with Crippen LogP contribution in [0, 0.1) is 31.0 Å². The minimum atomic E-state index is -0.917. The lowest BCUT2D eigenvalue weighted by molar-refractivity contribution is -0.142. The maximum Gasteiger partial charge on any atom is 0.349 e. The Kier molecular flexibility index (Phi) is 7.74. The van der Waals surface area contributed by atoms with Crippen molar-refractivity contribution in [3.63, 3.8) is 0 Å². The second kappa shape index (κ2) is 10.0. The van der Waals surface area contributed by atoms with Crippen LogP contribution >= 0.6 is 15.9 Å². The molecule has 8 heteroatoms. The highest BCUT2D eigenvalue weighted by Crippen LogP contribution is 2.20. The van der Waals surface area contributed by atoms with Crippen LogP contribution in [0.5, 0.6) is 0 Å². The highest BCUT2D eigenvalue weighted by atomic mass is 79.9. The first-order valence-corrected chi connectivity index (χ1v) is 9.76. The second-order valence-corrected chi connectivity index (χ2v) is 7.31. The van der Waals surface area contributed by atoms with Gasteiger partial charge in [0.1, 0.15) is 17.5 Å². The minimum absolute atomic E-state index is 0.0336. The predicted molar refractivity (Wildman–Crippen MR) is 111 cm³/mol. The molecule has 0 spiro atoms. The fraction of sp³-hybridized carbons (Fsp3) is 0.286. The van der Waals surface area contributed by atoms with E-state index in [9.17, 15) is 19.2 Å². The molecule has 6 nitrogen and oxygen atoms in total. The molecular formula is C21H21BrFN3O3. The van der Waals surface area contributed by atoms with Crippen LogP contribution in [0.3, 0.4) is 0 Å². The van der Waals surface area contributed by atoms with Gasteiger partial charge in [-0.25, -0.2) is 9.18 Å². The average Bonchev–Trinajstić information content (AvgIpc) is 2.94. The Hall–Kier alpha value is -2.92. The first kappa shape index (κ1) is 22.4. The topological polar surface area (TPSA) is 84.1 Å². The molecule has 1 amide bonds. The summed E-state index contributed by atoms with van der Waals surface area (Å²) in [5.41, 5.74) is 2.45. The van der Waals surface area contributed by atoms with E-state index in [2.05, 4.69) is 32.7 Å². The van der Waals surface area contributed by atoms with Crippen molar-refractivity contribution in [3.8, 4) is 6.07 Å².